The first-order valence-corrected chi connectivity index (χ1v) is 8.45. The Morgan fingerprint density at radius 1 is 1.29 bits per heavy atom. The van der Waals surface area contributed by atoms with Crippen LogP contribution in [0.4, 0.5) is 0 Å². The first-order chi connectivity index (χ1) is 9.98. The van der Waals surface area contributed by atoms with Crippen molar-refractivity contribution >= 4 is 23.2 Å². The lowest BCUT2D eigenvalue weighted by atomic mass is 9.90. The van der Waals surface area contributed by atoms with E-state index >= 15 is 0 Å². The van der Waals surface area contributed by atoms with E-state index in [1.165, 1.54) is 11.3 Å². The summed E-state index contributed by atoms with van der Waals surface area (Å²) in [6, 6.07) is 1.89. The van der Waals surface area contributed by atoms with Crippen LogP contribution in [0.15, 0.2) is 6.07 Å². The van der Waals surface area contributed by atoms with Crippen LogP contribution in [0, 0.1) is 6.92 Å². The summed E-state index contributed by atoms with van der Waals surface area (Å²) in [5.74, 6) is -1.14. The molecule has 1 fully saturated rings. The van der Waals surface area contributed by atoms with Crippen LogP contribution in [0.25, 0.3) is 0 Å². The molecule has 2 rings (SSSR count). The minimum absolute atomic E-state index is 0.243. The highest BCUT2D eigenvalue weighted by atomic mass is 32.1. The predicted octanol–water partition coefficient (Wildman–Crippen LogP) is 3.53. The molecule has 116 valence electrons. The summed E-state index contributed by atoms with van der Waals surface area (Å²) in [6.45, 7) is 4.06. The second kappa shape index (κ2) is 6.60. The molecule has 1 amide bonds. The van der Waals surface area contributed by atoms with E-state index in [0.717, 1.165) is 42.5 Å². The van der Waals surface area contributed by atoms with Crippen LogP contribution in [0.5, 0.6) is 0 Å². The molecule has 0 unspecified atom stereocenters. The van der Waals surface area contributed by atoms with Gasteiger partial charge in [-0.25, -0.2) is 4.79 Å². The number of hydrogen-bond donors (Lipinski definition) is 2. The molecule has 1 aromatic rings. The molecular formula is C16H23NO3S. The van der Waals surface area contributed by atoms with Crippen molar-refractivity contribution in [3.8, 4) is 0 Å². The van der Waals surface area contributed by atoms with E-state index in [9.17, 15) is 14.7 Å². The van der Waals surface area contributed by atoms with Crippen molar-refractivity contribution in [2.24, 2.45) is 0 Å². The molecule has 4 nitrogen and oxygen atoms in total. The van der Waals surface area contributed by atoms with E-state index in [1.54, 1.807) is 0 Å². The molecule has 0 bridgehead atoms. The van der Waals surface area contributed by atoms with Gasteiger partial charge in [0.1, 0.15) is 5.54 Å². The van der Waals surface area contributed by atoms with E-state index in [0.29, 0.717) is 17.7 Å². The zero-order valence-electron chi connectivity index (χ0n) is 12.7. The summed E-state index contributed by atoms with van der Waals surface area (Å²) < 4.78 is 0. The van der Waals surface area contributed by atoms with Crippen LogP contribution >= 0.6 is 11.3 Å². The number of rotatable bonds is 4. The predicted molar refractivity (Wildman–Crippen MR) is 84.0 cm³/mol. The Labute approximate surface area is 129 Å². The number of aryl methyl sites for hydroxylation is 2. The lowest BCUT2D eigenvalue weighted by Crippen LogP contribution is -2.54. The Morgan fingerprint density at radius 3 is 2.38 bits per heavy atom. The van der Waals surface area contributed by atoms with Crippen LogP contribution in [-0.4, -0.2) is 22.5 Å². The standard InChI is InChI=1S/C16H23NO3S/c1-3-12-10-13(21-11(12)2)14(18)17-16(15(19)20)8-6-4-5-7-9-16/h10H,3-9H2,1-2H3,(H,17,18)(H,19,20). The topological polar surface area (TPSA) is 66.4 Å². The Bertz CT molecular complexity index is 528. The number of carboxylic acid groups (broad SMARTS) is 1. The molecule has 1 aliphatic carbocycles. The minimum Gasteiger partial charge on any atom is -0.480 e. The fraction of sp³-hybridized carbons (Fsp3) is 0.625. The van der Waals surface area contributed by atoms with Gasteiger partial charge in [-0.3, -0.25) is 4.79 Å². The largest absolute Gasteiger partial charge is 0.480 e. The Hall–Kier alpha value is -1.36. The van der Waals surface area contributed by atoms with Gasteiger partial charge in [0.05, 0.1) is 4.88 Å². The van der Waals surface area contributed by atoms with Crippen molar-refractivity contribution in [3.63, 3.8) is 0 Å². The highest BCUT2D eigenvalue weighted by Crippen LogP contribution is 2.29. The molecule has 0 aromatic carbocycles. The molecule has 0 aliphatic heterocycles. The maximum Gasteiger partial charge on any atom is 0.329 e. The van der Waals surface area contributed by atoms with Crippen LogP contribution in [0.2, 0.25) is 0 Å². The molecule has 1 heterocycles. The zero-order chi connectivity index (χ0) is 15.5. The second-order valence-electron chi connectivity index (χ2n) is 5.80. The number of amides is 1. The van der Waals surface area contributed by atoms with Gasteiger partial charge < -0.3 is 10.4 Å². The van der Waals surface area contributed by atoms with Crippen LogP contribution in [0.1, 0.15) is 65.6 Å². The molecule has 21 heavy (non-hydrogen) atoms. The van der Waals surface area contributed by atoms with Crippen LogP contribution in [-0.2, 0) is 11.2 Å². The summed E-state index contributed by atoms with van der Waals surface area (Å²) in [6.07, 6.45) is 5.75. The first-order valence-electron chi connectivity index (χ1n) is 7.64. The lowest BCUT2D eigenvalue weighted by Gasteiger charge is -2.29. The summed E-state index contributed by atoms with van der Waals surface area (Å²) in [5.41, 5.74) is 0.0769. The van der Waals surface area contributed by atoms with Crippen molar-refractivity contribution in [3.05, 3.63) is 21.4 Å². The summed E-state index contributed by atoms with van der Waals surface area (Å²) in [7, 11) is 0. The van der Waals surface area contributed by atoms with Crippen molar-refractivity contribution in [2.75, 3.05) is 0 Å². The van der Waals surface area contributed by atoms with E-state index in [2.05, 4.69) is 12.2 Å². The maximum atomic E-state index is 12.5. The summed E-state index contributed by atoms with van der Waals surface area (Å²) in [4.78, 5) is 25.9. The van der Waals surface area contributed by atoms with Gasteiger partial charge in [-0.1, -0.05) is 32.6 Å². The SMILES string of the molecule is CCc1cc(C(=O)NC2(C(=O)O)CCCCCC2)sc1C. The maximum absolute atomic E-state index is 12.5. The average molecular weight is 309 g/mol. The number of hydrogen-bond acceptors (Lipinski definition) is 3. The molecule has 0 atom stereocenters. The number of thiophene rings is 1. The average Bonchev–Trinajstić information content (AvgIpc) is 2.67. The zero-order valence-corrected chi connectivity index (χ0v) is 13.5. The highest BCUT2D eigenvalue weighted by Gasteiger charge is 2.40. The van der Waals surface area contributed by atoms with E-state index in [-0.39, 0.29) is 5.91 Å². The third-order valence-corrected chi connectivity index (χ3v) is 5.44. The number of carboxylic acids is 1. The molecule has 2 N–H and O–H groups in total. The molecule has 5 heteroatoms. The van der Waals surface area contributed by atoms with Gasteiger partial charge in [-0.2, -0.15) is 0 Å². The van der Waals surface area contributed by atoms with Crippen LogP contribution < -0.4 is 5.32 Å². The van der Waals surface area contributed by atoms with Gasteiger partial charge in [-0.15, -0.1) is 11.3 Å². The van der Waals surface area contributed by atoms with Crippen LogP contribution in [0.3, 0.4) is 0 Å². The highest BCUT2D eigenvalue weighted by molar-refractivity contribution is 7.14. The molecule has 1 saturated carbocycles. The lowest BCUT2D eigenvalue weighted by molar-refractivity contribution is -0.145. The quantitative estimate of drug-likeness (QED) is 0.836. The second-order valence-corrected chi connectivity index (χ2v) is 7.06. The number of carbonyl (C=O) groups excluding carboxylic acids is 1. The van der Waals surface area contributed by atoms with Crippen molar-refractivity contribution in [2.45, 2.75) is 64.3 Å². The number of nitrogens with one attached hydrogen (secondary N) is 1. The molecule has 0 saturated heterocycles. The van der Waals surface area contributed by atoms with E-state index in [4.69, 9.17) is 0 Å². The number of carbonyl (C=O) groups is 2. The Morgan fingerprint density at radius 2 is 1.90 bits per heavy atom. The van der Waals surface area contributed by atoms with E-state index < -0.39 is 11.5 Å². The van der Waals surface area contributed by atoms with E-state index in [1.807, 2.05) is 13.0 Å². The summed E-state index contributed by atoms with van der Waals surface area (Å²) in [5, 5.41) is 12.4. The minimum atomic E-state index is -1.09. The first kappa shape index (κ1) is 16.0. The normalized spacial score (nSPS) is 18.0. The van der Waals surface area contributed by atoms with Crippen molar-refractivity contribution in [1.82, 2.24) is 5.32 Å². The van der Waals surface area contributed by atoms with Crippen molar-refractivity contribution < 1.29 is 14.7 Å². The fourth-order valence-electron chi connectivity index (χ4n) is 2.99. The summed E-state index contributed by atoms with van der Waals surface area (Å²) >= 11 is 1.45. The molecule has 1 aliphatic rings. The Balaban J connectivity index is 2.19. The number of aliphatic carboxylic acids is 1. The van der Waals surface area contributed by atoms with Gasteiger partial charge in [0.25, 0.3) is 5.91 Å². The smallest absolute Gasteiger partial charge is 0.329 e. The van der Waals surface area contributed by atoms with Crippen molar-refractivity contribution in [1.29, 1.82) is 0 Å². The fourth-order valence-corrected chi connectivity index (χ4v) is 4.00. The molecule has 1 aromatic heterocycles. The van der Waals surface area contributed by atoms with Gasteiger partial charge >= 0.3 is 5.97 Å². The van der Waals surface area contributed by atoms with Gasteiger partial charge in [0, 0.05) is 4.88 Å². The van der Waals surface area contributed by atoms with Gasteiger partial charge in [0.15, 0.2) is 0 Å². The Kier molecular flexibility index (Phi) is 5.04. The third-order valence-electron chi connectivity index (χ3n) is 4.34. The molecule has 0 radical (unpaired) electrons. The monoisotopic (exact) mass is 309 g/mol. The third kappa shape index (κ3) is 3.46. The van der Waals surface area contributed by atoms with Gasteiger partial charge in [-0.05, 0) is 37.8 Å². The molecule has 0 spiro atoms. The van der Waals surface area contributed by atoms with Gasteiger partial charge in [0.2, 0.25) is 0 Å². The molecular weight excluding hydrogens is 286 g/mol.